The molecule has 1 amide bonds. The van der Waals surface area contributed by atoms with Gasteiger partial charge in [-0.1, -0.05) is 42.5 Å². The second-order valence-corrected chi connectivity index (χ2v) is 5.71. The third kappa shape index (κ3) is 2.64. The van der Waals surface area contributed by atoms with E-state index in [9.17, 15) is 4.79 Å². The smallest absolute Gasteiger partial charge is 0.415 e. The highest BCUT2D eigenvalue weighted by molar-refractivity contribution is 5.88. The summed E-state index contributed by atoms with van der Waals surface area (Å²) in [5.41, 5.74) is 2.53. The van der Waals surface area contributed by atoms with Gasteiger partial charge in [0.1, 0.15) is 5.60 Å². The Morgan fingerprint density at radius 2 is 1.86 bits per heavy atom. The molecule has 0 aromatic heterocycles. The molecule has 1 aliphatic rings. The number of benzene rings is 2. The van der Waals surface area contributed by atoms with Gasteiger partial charge in [-0.15, -0.1) is 0 Å². The molecule has 1 fully saturated rings. The Bertz CT molecular complexity index is 653. The van der Waals surface area contributed by atoms with Crippen molar-refractivity contribution < 1.29 is 9.53 Å². The first-order valence-corrected chi connectivity index (χ1v) is 7.21. The van der Waals surface area contributed by atoms with E-state index in [1.807, 2.05) is 68.4 Å². The molecule has 0 saturated carbocycles. The monoisotopic (exact) mass is 281 g/mol. The van der Waals surface area contributed by atoms with Crippen molar-refractivity contribution in [2.75, 3.05) is 11.4 Å². The number of anilines is 1. The van der Waals surface area contributed by atoms with E-state index in [0.29, 0.717) is 6.54 Å². The van der Waals surface area contributed by atoms with E-state index < -0.39 is 5.60 Å². The van der Waals surface area contributed by atoms with Crippen LogP contribution in [0.5, 0.6) is 0 Å². The van der Waals surface area contributed by atoms with Crippen molar-refractivity contribution in [3.63, 3.8) is 0 Å². The lowest BCUT2D eigenvalue weighted by Crippen LogP contribution is -2.46. The van der Waals surface area contributed by atoms with Gasteiger partial charge in [-0.25, -0.2) is 4.79 Å². The number of rotatable bonds is 2. The van der Waals surface area contributed by atoms with E-state index in [1.54, 1.807) is 4.90 Å². The Labute approximate surface area is 125 Å². The minimum Gasteiger partial charge on any atom is -0.438 e. The molecule has 0 N–H and O–H groups in total. The molecular weight excluding hydrogens is 262 g/mol. The van der Waals surface area contributed by atoms with E-state index in [4.69, 9.17) is 4.74 Å². The van der Waals surface area contributed by atoms with E-state index in [1.165, 1.54) is 0 Å². The predicted molar refractivity (Wildman–Crippen MR) is 83.4 cm³/mol. The Kier molecular flexibility index (Phi) is 3.42. The second-order valence-electron chi connectivity index (χ2n) is 5.71. The summed E-state index contributed by atoms with van der Waals surface area (Å²) in [7, 11) is 0. The van der Waals surface area contributed by atoms with Crippen molar-refractivity contribution in [3.8, 4) is 0 Å². The molecule has 0 aliphatic carbocycles. The molecule has 1 heterocycles. The van der Waals surface area contributed by atoms with Crippen LogP contribution in [0.3, 0.4) is 0 Å². The van der Waals surface area contributed by atoms with Crippen LogP contribution in [0.1, 0.15) is 24.5 Å². The zero-order valence-electron chi connectivity index (χ0n) is 12.4. The van der Waals surface area contributed by atoms with Gasteiger partial charge in [0.05, 0.1) is 0 Å². The lowest BCUT2D eigenvalue weighted by molar-refractivity contribution is 0.00582. The molecule has 0 bridgehead atoms. The second kappa shape index (κ2) is 5.24. The summed E-state index contributed by atoms with van der Waals surface area (Å²) in [6.07, 6.45) is 0.495. The van der Waals surface area contributed by atoms with Gasteiger partial charge in [0.25, 0.3) is 0 Å². The molecule has 108 valence electrons. The Hall–Kier alpha value is -2.29. The highest BCUT2D eigenvalue weighted by Crippen LogP contribution is 2.35. The van der Waals surface area contributed by atoms with Gasteiger partial charge in [0.15, 0.2) is 0 Å². The summed E-state index contributed by atoms with van der Waals surface area (Å²) in [5.74, 6) is 0. The van der Waals surface area contributed by atoms with Crippen LogP contribution in [0.2, 0.25) is 0 Å². The molecule has 1 atom stereocenters. The molecule has 0 unspecified atom stereocenters. The maximum atomic E-state index is 12.4. The van der Waals surface area contributed by atoms with Gasteiger partial charge in [-0.05, 0) is 37.1 Å². The molecule has 2 aromatic rings. The highest BCUT2D eigenvalue weighted by Gasteiger charge is 2.38. The Morgan fingerprint density at radius 1 is 1.10 bits per heavy atom. The summed E-state index contributed by atoms with van der Waals surface area (Å²) in [6, 6.07) is 17.9. The number of hydrogen-bond donors (Lipinski definition) is 0. The van der Waals surface area contributed by atoms with Crippen LogP contribution in [-0.2, 0) is 10.3 Å². The summed E-state index contributed by atoms with van der Waals surface area (Å²) >= 11 is 0. The summed E-state index contributed by atoms with van der Waals surface area (Å²) in [5, 5.41) is 0. The topological polar surface area (TPSA) is 29.5 Å². The molecular formula is C18H19NO2. The van der Waals surface area contributed by atoms with Crippen molar-refractivity contribution in [2.24, 2.45) is 0 Å². The Morgan fingerprint density at radius 3 is 2.52 bits per heavy atom. The molecule has 1 saturated heterocycles. The average molecular weight is 281 g/mol. The molecule has 1 aliphatic heterocycles. The zero-order valence-corrected chi connectivity index (χ0v) is 12.4. The van der Waals surface area contributed by atoms with Crippen LogP contribution >= 0.6 is 0 Å². The molecule has 3 rings (SSSR count). The third-order valence-electron chi connectivity index (χ3n) is 4.04. The fourth-order valence-electron chi connectivity index (χ4n) is 2.74. The van der Waals surface area contributed by atoms with Gasteiger partial charge >= 0.3 is 6.09 Å². The van der Waals surface area contributed by atoms with Crippen LogP contribution in [0.15, 0.2) is 54.6 Å². The zero-order chi connectivity index (χ0) is 14.9. The Balaban J connectivity index is 1.83. The summed E-state index contributed by atoms with van der Waals surface area (Å²) < 4.78 is 5.75. The van der Waals surface area contributed by atoms with Crippen molar-refractivity contribution in [1.82, 2.24) is 0 Å². The number of carbonyl (C=O) groups excluding carboxylic acids is 1. The number of nitrogens with zero attached hydrogens (tertiary/aromatic N) is 1. The van der Waals surface area contributed by atoms with Crippen LogP contribution in [0.25, 0.3) is 0 Å². The third-order valence-corrected chi connectivity index (χ3v) is 4.04. The number of hydrogen-bond acceptors (Lipinski definition) is 2. The van der Waals surface area contributed by atoms with Gasteiger partial charge in [-0.3, -0.25) is 4.90 Å². The normalized spacial score (nSPS) is 22.0. The van der Waals surface area contributed by atoms with E-state index in [2.05, 4.69) is 0 Å². The van der Waals surface area contributed by atoms with E-state index >= 15 is 0 Å². The van der Waals surface area contributed by atoms with Gasteiger partial charge in [0, 0.05) is 18.7 Å². The molecule has 3 heteroatoms. The molecule has 21 heavy (non-hydrogen) atoms. The van der Waals surface area contributed by atoms with Crippen molar-refractivity contribution in [1.29, 1.82) is 0 Å². The summed E-state index contributed by atoms with van der Waals surface area (Å²) in [4.78, 5) is 14.1. The van der Waals surface area contributed by atoms with Crippen LogP contribution in [0.4, 0.5) is 10.5 Å². The largest absolute Gasteiger partial charge is 0.438 e. The number of amides is 1. The van der Waals surface area contributed by atoms with Crippen LogP contribution in [0, 0.1) is 6.92 Å². The van der Waals surface area contributed by atoms with Crippen molar-refractivity contribution in [3.05, 3.63) is 65.7 Å². The average Bonchev–Trinajstić information content (AvgIpc) is 2.48. The lowest BCUT2D eigenvalue weighted by Gasteiger charge is -2.39. The lowest BCUT2D eigenvalue weighted by atomic mass is 9.91. The highest BCUT2D eigenvalue weighted by atomic mass is 16.6. The molecule has 2 aromatic carbocycles. The first kappa shape index (κ1) is 13.7. The minimum atomic E-state index is -0.543. The quantitative estimate of drug-likeness (QED) is 0.823. The standard InChI is InChI=1S/C18H19NO2/c1-14-7-6-10-16(13-14)19-12-11-18(2,21-17(19)20)15-8-4-3-5-9-15/h3-10,13H,11-12H2,1-2H3/t18-/m0/s1. The number of carbonyl (C=O) groups is 1. The maximum absolute atomic E-state index is 12.4. The first-order chi connectivity index (χ1) is 10.1. The number of aryl methyl sites for hydroxylation is 1. The fourth-order valence-corrected chi connectivity index (χ4v) is 2.74. The minimum absolute atomic E-state index is 0.279. The van der Waals surface area contributed by atoms with Gasteiger partial charge < -0.3 is 4.74 Å². The molecule has 0 spiro atoms. The fraction of sp³-hybridized carbons (Fsp3) is 0.278. The number of ether oxygens (including phenoxy) is 1. The molecule has 3 nitrogen and oxygen atoms in total. The van der Waals surface area contributed by atoms with Crippen LogP contribution in [-0.4, -0.2) is 12.6 Å². The van der Waals surface area contributed by atoms with Gasteiger partial charge in [-0.2, -0.15) is 0 Å². The SMILES string of the molecule is Cc1cccc(N2CC[C@@](C)(c3ccccc3)OC2=O)c1. The van der Waals surface area contributed by atoms with Crippen LogP contribution < -0.4 is 4.90 Å². The summed E-state index contributed by atoms with van der Waals surface area (Å²) in [6.45, 7) is 4.66. The molecule has 0 radical (unpaired) electrons. The first-order valence-electron chi connectivity index (χ1n) is 7.21. The van der Waals surface area contributed by atoms with E-state index in [-0.39, 0.29) is 6.09 Å². The van der Waals surface area contributed by atoms with Crippen molar-refractivity contribution >= 4 is 11.8 Å². The maximum Gasteiger partial charge on any atom is 0.415 e. The van der Waals surface area contributed by atoms with Crippen molar-refractivity contribution in [2.45, 2.75) is 25.9 Å². The van der Waals surface area contributed by atoms with Gasteiger partial charge in [0.2, 0.25) is 0 Å². The number of cyclic esters (lactones) is 1. The van der Waals surface area contributed by atoms with E-state index in [0.717, 1.165) is 23.2 Å². The predicted octanol–water partition coefficient (Wildman–Crippen LogP) is 4.26.